The number of fused-ring (bicyclic) bond motifs is 5. The summed E-state index contributed by atoms with van der Waals surface area (Å²) in [5, 5.41) is 7.13. The maximum atomic E-state index is 2.53. The van der Waals surface area contributed by atoms with Gasteiger partial charge in [-0.3, -0.25) is 0 Å². The molecule has 0 unspecified atom stereocenters. The molecule has 1 aliphatic heterocycles. The molecule has 1 aliphatic carbocycles. The summed E-state index contributed by atoms with van der Waals surface area (Å²) in [7, 11) is 0. The van der Waals surface area contributed by atoms with Gasteiger partial charge in [0.15, 0.2) is 0 Å². The zero-order valence-electron chi connectivity index (χ0n) is 21.0. The topological polar surface area (TPSA) is 0 Å². The van der Waals surface area contributed by atoms with Crippen molar-refractivity contribution in [1.82, 2.24) is 0 Å². The fraction of sp³-hybridized carbons (Fsp3) is 0.0625. The van der Waals surface area contributed by atoms with Crippen LogP contribution in [0.5, 0.6) is 0 Å². The number of benzene rings is 4. The molecule has 6 heteroatoms. The van der Waals surface area contributed by atoms with Gasteiger partial charge < -0.3 is 0 Å². The van der Waals surface area contributed by atoms with Crippen molar-refractivity contribution >= 4 is 90.5 Å². The Hall–Kier alpha value is -2.63. The molecule has 0 radical (unpaired) electrons. The van der Waals surface area contributed by atoms with Crippen LogP contribution in [0.25, 0.3) is 53.9 Å². The second-order valence-electron chi connectivity index (χ2n) is 9.95. The molecule has 3 heterocycles. The minimum Gasteiger partial charge on any atom is -0.200 e. The van der Waals surface area contributed by atoms with Gasteiger partial charge in [-0.15, -0.1) is 22.7 Å². The van der Waals surface area contributed by atoms with Gasteiger partial charge in [0.05, 0.1) is 0 Å². The SMILES string of the molecule is CSB1c2cc(-c3cccs3)c(-c3cccs3)cc2B(SC)c2cc3c(cc21)-c1cccc2cccc-3c12. The summed E-state index contributed by atoms with van der Waals surface area (Å²) in [4.78, 5) is 2.69. The molecule has 0 saturated heterocycles. The molecule has 0 N–H and O–H groups in total. The van der Waals surface area contributed by atoms with E-state index in [-0.39, 0.29) is 0 Å². The van der Waals surface area contributed by atoms with Crippen LogP contribution in [0, 0.1) is 0 Å². The number of hydrogen-bond donors (Lipinski definition) is 0. The third-order valence-electron chi connectivity index (χ3n) is 8.11. The largest absolute Gasteiger partial charge is 0.273 e. The Kier molecular flexibility index (Phi) is 5.49. The minimum atomic E-state index is 0.313. The number of rotatable bonds is 4. The first-order valence-corrected chi connectivity index (χ1v) is 17.1. The highest BCUT2D eigenvalue weighted by Crippen LogP contribution is 2.46. The van der Waals surface area contributed by atoms with Crippen LogP contribution in [0.4, 0.5) is 0 Å². The fourth-order valence-electron chi connectivity index (χ4n) is 6.52. The molecule has 0 atom stereocenters. The Morgan fingerprint density at radius 1 is 0.500 bits per heavy atom. The zero-order valence-corrected chi connectivity index (χ0v) is 24.3. The van der Waals surface area contributed by atoms with Gasteiger partial charge in [0.1, 0.15) is 0 Å². The molecule has 0 nitrogen and oxygen atoms in total. The Balaban J connectivity index is 1.40. The van der Waals surface area contributed by atoms with E-state index in [1.54, 1.807) is 0 Å². The number of hydrogen-bond acceptors (Lipinski definition) is 4. The lowest BCUT2D eigenvalue weighted by Gasteiger charge is -2.31. The first-order valence-electron chi connectivity index (χ1n) is 12.8. The van der Waals surface area contributed by atoms with E-state index >= 15 is 0 Å². The molecule has 38 heavy (non-hydrogen) atoms. The summed E-state index contributed by atoms with van der Waals surface area (Å²) in [6.07, 6.45) is 4.55. The molecule has 6 aromatic rings. The van der Waals surface area contributed by atoms with E-state index in [2.05, 4.69) is 108 Å². The maximum Gasteiger partial charge on any atom is 0.273 e. The second kappa shape index (κ2) is 8.96. The molecular weight excluding hydrogens is 534 g/mol. The smallest absolute Gasteiger partial charge is 0.200 e. The maximum absolute atomic E-state index is 2.53. The van der Waals surface area contributed by atoms with Crippen molar-refractivity contribution in [3.05, 3.63) is 95.7 Å². The standard InChI is InChI=1S/C32H22B2S4/c1-35-33-26-15-22-20-9-3-7-19-8-4-10-21(32(19)20)23(22)16-27(26)34(36-2)29-18-25(31-12-6-14-38-31)24(17-28(29)33)30-11-5-13-37-30/h3-18H,1-2H3. The third kappa shape index (κ3) is 3.27. The van der Waals surface area contributed by atoms with Crippen molar-refractivity contribution in [2.24, 2.45) is 0 Å². The van der Waals surface area contributed by atoms with E-state index in [1.807, 2.05) is 45.9 Å². The van der Waals surface area contributed by atoms with Crippen LogP contribution in [0.2, 0.25) is 0 Å². The van der Waals surface area contributed by atoms with E-state index in [9.17, 15) is 0 Å². The highest BCUT2D eigenvalue weighted by molar-refractivity contribution is 8.29. The van der Waals surface area contributed by atoms with Gasteiger partial charge in [-0.1, -0.05) is 94.6 Å². The summed E-state index contributed by atoms with van der Waals surface area (Å²) in [5.41, 5.74) is 14.2. The average molecular weight is 556 g/mol. The Morgan fingerprint density at radius 2 is 0.947 bits per heavy atom. The summed E-state index contributed by atoms with van der Waals surface area (Å²) in [5.74, 6) is 0.625. The van der Waals surface area contributed by atoms with Crippen LogP contribution >= 0.6 is 45.9 Å². The summed E-state index contributed by atoms with van der Waals surface area (Å²) >= 11 is 7.62. The fourth-order valence-corrected chi connectivity index (χ4v) is 9.87. The van der Waals surface area contributed by atoms with E-state index in [0.717, 1.165) is 0 Å². The lowest BCUT2D eigenvalue weighted by atomic mass is 9.41. The second-order valence-corrected chi connectivity index (χ2v) is 13.7. The van der Waals surface area contributed by atoms with Crippen molar-refractivity contribution < 1.29 is 0 Å². The molecule has 2 aliphatic rings. The molecular formula is C32H22B2S4. The van der Waals surface area contributed by atoms with Crippen LogP contribution in [0.3, 0.4) is 0 Å². The van der Waals surface area contributed by atoms with Crippen molar-refractivity contribution in [2.45, 2.75) is 0 Å². The molecule has 4 aromatic carbocycles. The molecule has 2 aromatic heterocycles. The van der Waals surface area contributed by atoms with Crippen molar-refractivity contribution in [3.63, 3.8) is 0 Å². The Morgan fingerprint density at radius 3 is 1.34 bits per heavy atom. The molecule has 0 saturated carbocycles. The highest BCUT2D eigenvalue weighted by Gasteiger charge is 2.39. The van der Waals surface area contributed by atoms with Crippen LogP contribution in [-0.4, -0.2) is 24.5 Å². The molecule has 0 fully saturated rings. The van der Waals surface area contributed by atoms with Gasteiger partial charge >= 0.3 is 0 Å². The van der Waals surface area contributed by atoms with Gasteiger partial charge in [0, 0.05) is 9.75 Å². The number of thiophene rings is 2. The molecule has 180 valence electrons. The lowest BCUT2D eigenvalue weighted by Crippen LogP contribution is -2.66. The zero-order chi connectivity index (χ0) is 25.4. The first-order chi connectivity index (χ1) is 18.8. The van der Waals surface area contributed by atoms with Crippen molar-refractivity contribution in [2.75, 3.05) is 12.5 Å². The molecule has 0 amide bonds. The molecule has 8 rings (SSSR count). The van der Waals surface area contributed by atoms with Gasteiger partial charge in [0.25, 0.3) is 12.0 Å². The van der Waals surface area contributed by atoms with Gasteiger partial charge in [-0.25, -0.2) is 23.2 Å². The first kappa shape index (κ1) is 23.3. The Labute approximate surface area is 240 Å². The quantitative estimate of drug-likeness (QED) is 0.211. The van der Waals surface area contributed by atoms with E-state index in [0.29, 0.717) is 12.0 Å². The van der Waals surface area contributed by atoms with E-state index < -0.39 is 0 Å². The lowest BCUT2D eigenvalue weighted by molar-refractivity contribution is 1.72. The van der Waals surface area contributed by atoms with Gasteiger partial charge in [-0.05, 0) is 79.6 Å². The molecule has 0 bridgehead atoms. The van der Waals surface area contributed by atoms with Gasteiger partial charge in [-0.2, -0.15) is 0 Å². The average Bonchev–Trinajstić information content (AvgIpc) is 3.73. The van der Waals surface area contributed by atoms with Crippen molar-refractivity contribution in [3.8, 4) is 43.1 Å². The van der Waals surface area contributed by atoms with Crippen LogP contribution in [0.1, 0.15) is 0 Å². The van der Waals surface area contributed by atoms with Crippen LogP contribution in [-0.2, 0) is 0 Å². The monoisotopic (exact) mass is 556 g/mol. The third-order valence-corrected chi connectivity index (χ3v) is 11.9. The Bertz CT molecular complexity index is 1720. The molecule has 0 spiro atoms. The van der Waals surface area contributed by atoms with Crippen LogP contribution in [0.15, 0.2) is 95.7 Å². The summed E-state index contributed by atoms with van der Waals surface area (Å²) in [6.45, 7) is 0. The minimum absolute atomic E-state index is 0.313. The van der Waals surface area contributed by atoms with E-state index in [1.165, 1.54) is 75.8 Å². The normalized spacial score (nSPS) is 13.1. The van der Waals surface area contributed by atoms with Crippen LogP contribution < -0.4 is 21.9 Å². The van der Waals surface area contributed by atoms with Gasteiger partial charge in [0.2, 0.25) is 0 Å². The predicted octanol–water partition coefficient (Wildman–Crippen LogP) is 7.20. The summed E-state index contributed by atoms with van der Waals surface area (Å²) in [6, 6.07) is 32.5. The highest BCUT2D eigenvalue weighted by atomic mass is 32.2. The summed E-state index contributed by atoms with van der Waals surface area (Å²) < 4.78 is 0. The predicted molar refractivity (Wildman–Crippen MR) is 179 cm³/mol. The van der Waals surface area contributed by atoms with E-state index in [4.69, 9.17) is 0 Å². The van der Waals surface area contributed by atoms with Crippen molar-refractivity contribution in [1.29, 1.82) is 0 Å².